The molecule has 12 heteroatoms. The number of allylic oxidation sites excluding steroid dienone is 2. The SMILES string of the molecule is CC1(C)[C@@H](NS(=O)(=O)C(F)(F)F)CC[C@]2(C)[C@H]3C(=O)C=C4[C@@H]5C[C@@](C)(NS(C)(=O)=O)CC[C@]5(C)CC[C@@]4(C)[C@]3(C)CC[C@@H]12. The van der Waals surface area contributed by atoms with Crippen molar-refractivity contribution in [1.29, 1.82) is 0 Å². The van der Waals surface area contributed by atoms with Crippen molar-refractivity contribution in [2.24, 2.45) is 44.8 Å². The maximum atomic E-state index is 14.5. The number of fused-ring (bicyclic) bond motifs is 7. The number of ketones is 1. The Kier molecular flexibility index (Phi) is 7.40. The molecule has 0 aromatic carbocycles. The number of hydrogen-bond acceptors (Lipinski definition) is 5. The van der Waals surface area contributed by atoms with Crippen molar-refractivity contribution >= 4 is 25.8 Å². The monoisotopic (exact) mass is 650 g/mol. The molecule has 0 amide bonds. The highest BCUT2D eigenvalue weighted by molar-refractivity contribution is 7.90. The summed E-state index contributed by atoms with van der Waals surface area (Å²) in [6, 6.07) is -0.889. The molecular formula is C31H49F3N2O5S2. The quantitative estimate of drug-likeness (QED) is 0.384. The molecular weight excluding hydrogens is 601 g/mol. The van der Waals surface area contributed by atoms with E-state index in [0.717, 1.165) is 31.3 Å². The van der Waals surface area contributed by atoms with Crippen molar-refractivity contribution in [2.45, 2.75) is 123 Å². The van der Waals surface area contributed by atoms with Crippen molar-refractivity contribution < 1.29 is 34.8 Å². The van der Waals surface area contributed by atoms with Gasteiger partial charge in [0, 0.05) is 17.5 Å². The van der Waals surface area contributed by atoms with Crippen molar-refractivity contribution in [3.8, 4) is 0 Å². The zero-order valence-corrected chi connectivity index (χ0v) is 28.4. The zero-order chi connectivity index (χ0) is 32.4. The Morgan fingerprint density at radius 2 is 1.47 bits per heavy atom. The average Bonchev–Trinajstić information content (AvgIpc) is 2.81. The molecule has 0 aromatic heterocycles. The number of nitrogens with one attached hydrogen (secondary N) is 2. The Hall–Kier alpha value is -0.980. The summed E-state index contributed by atoms with van der Waals surface area (Å²) in [5, 5.41) is 0. The maximum absolute atomic E-state index is 14.5. The zero-order valence-electron chi connectivity index (χ0n) is 26.7. The van der Waals surface area contributed by atoms with Crippen LogP contribution in [0.15, 0.2) is 11.6 Å². The van der Waals surface area contributed by atoms with Crippen LogP contribution in [0, 0.1) is 44.8 Å². The molecule has 2 N–H and O–H groups in total. The van der Waals surface area contributed by atoms with Crippen LogP contribution >= 0.6 is 0 Å². The Bertz CT molecular complexity index is 1460. The number of sulfonamides is 2. The van der Waals surface area contributed by atoms with Crippen LogP contribution in [0.3, 0.4) is 0 Å². The third kappa shape index (κ3) is 4.89. The molecule has 246 valence electrons. The van der Waals surface area contributed by atoms with Crippen LogP contribution in [0.5, 0.6) is 0 Å². The van der Waals surface area contributed by atoms with Gasteiger partial charge in [-0.25, -0.2) is 26.3 Å². The van der Waals surface area contributed by atoms with Gasteiger partial charge in [0.2, 0.25) is 10.0 Å². The van der Waals surface area contributed by atoms with Crippen molar-refractivity contribution in [3.63, 3.8) is 0 Å². The molecule has 0 spiro atoms. The first kappa shape index (κ1) is 33.4. The Labute approximate surface area is 255 Å². The summed E-state index contributed by atoms with van der Waals surface area (Å²) in [6.45, 7) is 14.6. The lowest BCUT2D eigenvalue weighted by molar-refractivity contribution is -0.187. The molecule has 0 saturated heterocycles. The number of alkyl halides is 3. The topological polar surface area (TPSA) is 109 Å². The van der Waals surface area contributed by atoms with Crippen LogP contribution in [0.2, 0.25) is 0 Å². The third-order valence-electron chi connectivity index (χ3n) is 13.6. The number of hydrogen-bond donors (Lipinski definition) is 2. The molecule has 0 unspecified atom stereocenters. The van der Waals surface area contributed by atoms with E-state index < -0.39 is 53.4 Å². The fourth-order valence-electron chi connectivity index (χ4n) is 11.2. The van der Waals surface area contributed by atoms with E-state index in [1.807, 2.05) is 31.6 Å². The van der Waals surface area contributed by atoms with E-state index in [1.54, 1.807) is 0 Å². The van der Waals surface area contributed by atoms with Crippen molar-refractivity contribution in [2.75, 3.05) is 6.26 Å². The van der Waals surface area contributed by atoms with Gasteiger partial charge in [-0.3, -0.25) is 4.79 Å². The maximum Gasteiger partial charge on any atom is 0.511 e. The lowest BCUT2D eigenvalue weighted by Crippen LogP contribution is -2.68. The van der Waals surface area contributed by atoms with Crippen LogP contribution in [-0.4, -0.2) is 46.0 Å². The Morgan fingerprint density at radius 3 is 2.05 bits per heavy atom. The number of rotatable bonds is 4. The van der Waals surface area contributed by atoms with Crippen LogP contribution in [0.25, 0.3) is 0 Å². The molecule has 4 saturated carbocycles. The first-order valence-corrected chi connectivity index (χ1v) is 19.0. The molecule has 5 rings (SSSR count). The van der Waals surface area contributed by atoms with Crippen molar-refractivity contribution in [1.82, 2.24) is 9.44 Å². The fourth-order valence-corrected chi connectivity index (χ4v) is 13.2. The number of carbonyl (C=O) groups excluding carboxylic acids is 1. The van der Waals surface area contributed by atoms with Crippen LogP contribution in [0.1, 0.15) is 106 Å². The predicted octanol–water partition coefficient (Wildman–Crippen LogP) is 6.08. The van der Waals surface area contributed by atoms with E-state index in [2.05, 4.69) is 32.4 Å². The van der Waals surface area contributed by atoms with Crippen LogP contribution in [-0.2, 0) is 24.8 Å². The third-order valence-corrected chi connectivity index (χ3v) is 15.7. The molecule has 43 heavy (non-hydrogen) atoms. The minimum absolute atomic E-state index is 0.0374. The van der Waals surface area contributed by atoms with Crippen LogP contribution < -0.4 is 9.44 Å². The van der Waals surface area contributed by atoms with Gasteiger partial charge in [0.15, 0.2) is 5.78 Å². The van der Waals surface area contributed by atoms with E-state index >= 15 is 0 Å². The molecule has 9 atom stereocenters. The molecule has 5 aliphatic carbocycles. The summed E-state index contributed by atoms with van der Waals surface area (Å²) >= 11 is 0. The number of carbonyl (C=O) groups is 1. The highest BCUT2D eigenvalue weighted by Crippen LogP contribution is 2.74. The summed E-state index contributed by atoms with van der Waals surface area (Å²) < 4.78 is 93.6. The summed E-state index contributed by atoms with van der Waals surface area (Å²) in [5.41, 5.74) is -6.90. The largest absolute Gasteiger partial charge is 0.511 e. The molecule has 0 radical (unpaired) electrons. The van der Waals surface area contributed by atoms with Gasteiger partial charge in [-0.2, -0.15) is 13.2 Å². The Balaban J connectivity index is 1.53. The summed E-state index contributed by atoms with van der Waals surface area (Å²) in [7, 11) is -8.93. The standard InChI is InChI=1S/C31H49F3N2O5S2/c1-25(2)22-9-12-30(7)24(28(22,5)11-10-23(25)35-43(40,41)31(32,33)34)21(37)17-19-20-18-27(4,36-42(8,38)39)15-13-26(20,3)14-16-29(19,30)6/h17,20,22-24,35-36H,9-16,18H2,1-8H3/t20-,22-,23-,24+,26+,27-,28-,29+,30+/m0/s1. The molecule has 0 heterocycles. The van der Waals surface area contributed by atoms with E-state index in [0.29, 0.717) is 25.7 Å². The lowest BCUT2D eigenvalue weighted by Gasteiger charge is -2.70. The van der Waals surface area contributed by atoms with Gasteiger partial charge >= 0.3 is 15.5 Å². The summed E-state index contributed by atoms with van der Waals surface area (Å²) in [6.07, 6.45) is 9.25. The Morgan fingerprint density at radius 1 is 0.860 bits per heavy atom. The number of halogens is 3. The first-order chi connectivity index (χ1) is 19.2. The lowest BCUT2D eigenvalue weighted by atomic mass is 9.33. The summed E-state index contributed by atoms with van der Waals surface area (Å²) in [4.78, 5) is 14.5. The van der Waals surface area contributed by atoms with E-state index in [-0.39, 0.29) is 40.8 Å². The predicted molar refractivity (Wildman–Crippen MR) is 160 cm³/mol. The fraction of sp³-hybridized carbons (Fsp3) is 0.903. The van der Waals surface area contributed by atoms with Gasteiger partial charge in [0.05, 0.1) is 6.26 Å². The van der Waals surface area contributed by atoms with E-state index in [9.17, 15) is 34.8 Å². The molecule has 4 fully saturated rings. The van der Waals surface area contributed by atoms with Gasteiger partial charge in [-0.1, -0.05) is 47.1 Å². The smallest absolute Gasteiger partial charge is 0.295 e. The molecule has 7 nitrogen and oxygen atoms in total. The normalized spacial score (nSPS) is 46.6. The average molecular weight is 651 g/mol. The second kappa shape index (κ2) is 9.53. The minimum Gasteiger partial charge on any atom is -0.295 e. The molecule has 0 bridgehead atoms. The van der Waals surface area contributed by atoms with Gasteiger partial charge in [0.1, 0.15) is 0 Å². The van der Waals surface area contributed by atoms with Gasteiger partial charge in [-0.05, 0) is 110 Å². The van der Waals surface area contributed by atoms with E-state index in [1.165, 1.54) is 6.26 Å². The van der Waals surface area contributed by atoms with Gasteiger partial charge in [-0.15, -0.1) is 0 Å². The minimum atomic E-state index is -5.51. The summed E-state index contributed by atoms with van der Waals surface area (Å²) in [5.74, 6) is -0.392. The second-order valence-corrected chi connectivity index (χ2v) is 20.1. The highest BCUT2D eigenvalue weighted by Gasteiger charge is 2.70. The van der Waals surface area contributed by atoms with E-state index in [4.69, 9.17) is 0 Å². The molecule has 0 aromatic rings. The molecule has 0 aliphatic heterocycles. The molecule has 5 aliphatic rings. The van der Waals surface area contributed by atoms with Crippen LogP contribution in [0.4, 0.5) is 13.2 Å². The van der Waals surface area contributed by atoms with Gasteiger partial charge in [0.25, 0.3) is 0 Å². The second-order valence-electron chi connectivity index (χ2n) is 16.6. The first-order valence-electron chi connectivity index (χ1n) is 15.6. The van der Waals surface area contributed by atoms with Gasteiger partial charge < -0.3 is 0 Å². The highest BCUT2D eigenvalue weighted by atomic mass is 32.2. The van der Waals surface area contributed by atoms with Crippen molar-refractivity contribution in [3.05, 3.63) is 11.6 Å².